The topological polar surface area (TPSA) is 43.1 Å². The lowest BCUT2D eigenvalue weighted by molar-refractivity contribution is -0.384. The number of nitro groups is 1. The van der Waals surface area contributed by atoms with Crippen molar-refractivity contribution in [3.05, 3.63) is 64.2 Å². The fourth-order valence-electron chi connectivity index (χ4n) is 1.94. The van der Waals surface area contributed by atoms with Gasteiger partial charge in [-0.3, -0.25) is 10.1 Å². The Labute approximate surface area is 113 Å². The molecule has 0 aliphatic heterocycles. The molecule has 0 radical (unpaired) electrons. The van der Waals surface area contributed by atoms with E-state index in [0.29, 0.717) is 0 Å². The highest BCUT2D eigenvalue weighted by atomic mass is 16.6. The summed E-state index contributed by atoms with van der Waals surface area (Å²) >= 11 is 0. The lowest BCUT2D eigenvalue weighted by atomic mass is 9.86. The summed E-state index contributed by atoms with van der Waals surface area (Å²) in [6.45, 7) is 6.52. The van der Waals surface area contributed by atoms with Crippen LogP contribution in [0.1, 0.15) is 26.3 Å². The molecule has 0 N–H and O–H groups in total. The largest absolute Gasteiger partial charge is 0.269 e. The molecule has 19 heavy (non-hydrogen) atoms. The molecule has 2 aromatic rings. The van der Waals surface area contributed by atoms with Gasteiger partial charge in [0, 0.05) is 12.1 Å². The van der Waals surface area contributed by atoms with Gasteiger partial charge >= 0.3 is 0 Å². The summed E-state index contributed by atoms with van der Waals surface area (Å²) in [7, 11) is 0. The molecule has 0 heterocycles. The van der Waals surface area contributed by atoms with Crippen molar-refractivity contribution in [3.63, 3.8) is 0 Å². The van der Waals surface area contributed by atoms with Crippen LogP contribution in [0.25, 0.3) is 11.1 Å². The quantitative estimate of drug-likeness (QED) is 0.583. The first-order valence-electron chi connectivity index (χ1n) is 6.23. The van der Waals surface area contributed by atoms with Gasteiger partial charge in [0.1, 0.15) is 0 Å². The Kier molecular flexibility index (Phi) is 3.38. The van der Waals surface area contributed by atoms with Crippen LogP contribution >= 0.6 is 0 Å². The van der Waals surface area contributed by atoms with Gasteiger partial charge in [0.2, 0.25) is 0 Å². The van der Waals surface area contributed by atoms with Crippen LogP contribution in [0.4, 0.5) is 5.69 Å². The first kappa shape index (κ1) is 13.3. The summed E-state index contributed by atoms with van der Waals surface area (Å²) < 4.78 is 0. The van der Waals surface area contributed by atoms with E-state index in [4.69, 9.17) is 0 Å². The van der Waals surface area contributed by atoms with Crippen LogP contribution in [0.3, 0.4) is 0 Å². The van der Waals surface area contributed by atoms with Gasteiger partial charge in [0.25, 0.3) is 5.69 Å². The maximum absolute atomic E-state index is 10.6. The van der Waals surface area contributed by atoms with E-state index in [1.807, 2.05) is 0 Å². The average Bonchev–Trinajstić information content (AvgIpc) is 2.38. The molecule has 0 aliphatic carbocycles. The third-order valence-corrected chi connectivity index (χ3v) is 3.16. The summed E-state index contributed by atoms with van der Waals surface area (Å²) in [4.78, 5) is 10.2. The molecule has 0 saturated heterocycles. The Morgan fingerprint density at radius 3 is 1.63 bits per heavy atom. The lowest BCUT2D eigenvalue weighted by Gasteiger charge is -2.19. The van der Waals surface area contributed by atoms with Gasteiger partial charge in [-0.2, -0.15) is 0 Å². The molecule has 2 rings (SSSR count). The minimum atomic E-state index is -0.382. The first-order valence-corrected chi connectivity index (χ1v) is 6.23. The van der Waals surface area contributed by atoms with E-state index in [1.165, 1.54) is 17.7 Å². The molecule has 3 heteroatoms. The molecule has 0 bridgehead atoms. The minimum Gasteiger partial charge on any atom is -0.258 e. The SMILES string of the molecule is CC(C)(C)c1ccc(-c2ccc([N+](=O)[O-])cc2)cc1. The normalized spacial score (nSPS) is 11.3. The molecule has 2 aromatic carbocycles. The number of rotatable bonds is 2. The van der Waals surface area contributed by atoms with Crippen molar-refractivity contribution < 1.29 is 4.92 Å². The fraction of sp³-hybridized carbons (Fsp3) is 0.250. The molecule has 0 spiro atoms. The highest BCUT2D eigenvalue weighted by Gasteiger charge is 2.13. The van der Waals surface area contributed by atoms with E-state index < -0.39 is 0 Å². The number of hydrogen-bond acceptors (Lipinski definition) is 2. The van der Waals surface area contributed by atoms with Crippen LogP contribution in [0, 0.1) is 10.1 Å². The van der Waals surface area contributed by atoms with E-state index in [1.54, 1.807) is 12.1 Å². The molecular formula is C16H17NO2. The summed E-state index contributed by atoms with van der Waals surface area (Å²) in [5, 5.41) is 10.6. The number of nitro benzene ring substituents is 1. The summed E-state index contributed by atoms with van der Waals surface area (Å²) in [5.74, 6) is 0. The Balaban J connectivity index is 2.30. The fourth-order valence-corrected chi connectivity index (χ4v) is 1.94. The van der Waals surface area contributed by atoms with Crippen molar-refractivity contribution in [1.29, 1.82) is 0 Å². The smallest absolute Gasteiger partial charge is 0.258 e. The molecule has 0 aromatic heterocycles. The number of nitrogens with zero attached hydrogens (tertiary/aromatic N) is 1. The van der Waals surface area contributed by atoms with Crippen LogP contribution in [0.15, 0.2) is 48.5 Å². The zero-order valence-corrected chi connectivity index (χ0v) is 11.4. The van der Waals surface area contributed by atoms with Crippen molar-refractivity contribution in [2.45, 2.75) is 26.2 Å². The van der Waals surface area contributed by atoms with E-state index >= 15 is 0 Å². The molecule has 0 atom stereocenters. The Bertz CT molecular complexity index is 578. The van der Waals surface area contributed by atoms with Gasteiger partial charge in [-0.25, -0.2) is 0 Å². The monoisotopic (exact) mass is 255 g/mol. The van der Waals surface area contributed by atoms with Crippen molar-refractivity contribution in [3.8, 4) is 11.1 Å². The number of non-ortho nitro benzene ring substituents is 1. The van der Waals surface area contributed by atoms with E-state index in [2.05, 4.69) is 45.0 Å². The van der Waals surface area contributed by atoms with Gasteiger partial charge < -0.3 is 0 Å². The lowest BCUT2D eigenvalue weighted by Crippen LogP contribution is -2.10. The second kappa shape index (κ2) is 4.84. The zero-order valence-electron chi connectivity index (χ0n) is 11.4. The Morgan fingerprint density at radius 2 is 1.26 bits per heavy atom. The second-order valence-electron chi connectivity index (χ2n) is 5.63. The van der Waals surface area contributed by atoms with Crippen molar-refractivity contribution >= 4 is 5.69 Å². The van der Waals surface area contributed by atoms with Crippen molar-refractivity contribution in [2.24, 2.45) is 0 Å². The standard InChI is InChI=1S/C16H17NO2/c1-16(2,3)14-8-4-12(5-9-14)13-6-10-15(11-7-13)17(18)19/h4-11H,1-3H3. The maximum atomic E-state index is 10.6. The van der Waals surface area contributed by atoms with Gasteiger partial charge in [-0.1, -0.05) is 45.0 Å². The summed E-state index contributed by atoms with van der Waals surface area (Å²) in [5.41, 5.74) is 3.59. The predicted molar refractivity (Wildman–Crippen MR) is 77.2 cm³/mol. The van der Waals surface area contributed by atoms with Crippen LogP contribution in [-0.4, -0.2) is 4.92 Å². The molecule has 0 fully saturated rings. The van der Waals surface area contributed by atoms with Crippen molar-refractivity contribution in [2.75, 3.05) is 0 Å². The van der Waals surface area contributed by atoms with Gasteiger partial charge in [0.15, 0.2) is 0 Å². The van der Waals surface area contributed by atoms with Gasteiger partial charge in [-0.15, -0.1) is 0 Å². The Hall–Kier alpha value is -2.16. The predicted octanol–water partition coefficient (Wildman–Crippen LogP) is 4.56. The second-order valence-corrected chi connectivity index (χ2v) is 5.63. The minimum absolute atomic E-state index is 0.120. The molecule has 98 valence electrons. The molecule has 0 aliphatic rings. The number of hydrogen-bond donors (Lipinski definition) is 0. The van der Waals surface area contributed by atoms with Crippen LogP contribution in [-0.2, 0) is 5.41 Å². The van der Waals surface area contributed by atoms with Crippen LogP contribution < -0.4 is 0 Å². The van der Waals surface area contributed by atoms with Gasteiger partial charge in [-0.05, 0) is 34.2 Å². The summed E-state index contributed by atoms with van der Waals surface area (Å²) in [6.07, 6.45) is 0. The third-order valence-electron chi connectivity index (χ3n) is 3.16. The first-order chi connectivity index (χ1) is 8.88. The molecule has 0 unspecified atom stereocenters. The van der Waals surface area contributed by atoms with Gasteiger partial charge in [0.05, 0.1) is 4.92 Å². The highest BCUT2D eigenvalue weighted by Crippen LogP contribution is 2.27. The van der Waals surface area contributed by atoms with Crippen LogP contribution in [0.2, 0.25) is 0 Å². The highest BCUT2D eigenvalue weighted by molar-refractivity contribution is 5.65. The van der Waals surface area contributed by atoms with Crippen molar-refractivity contribution in [1.82, 2.24) is 0 Å². The van der Waals surface area contributed by atoms with E-state index in [0.717, 1.165) is 11.1 Å². The molecule has 0 amide bonds. The average molecular weight is 255 g/mol. The van der Waals surface area contributed by atoms with E-state index in [-0.39, 0.29) is 16.0 Å². The number of benzene rings is 2. The maximum Gasteiger partial charge on any atom is 0.269 e. The third kappa shape index (κ3) is 2.99. The van der Waals surface area contributed by atoms with E-state index in [9.17, 15) is 10.1 Å². The molecule has 0 saturated carbocycles. The van der Waals surface area contributed by atoms with Crippen LogP contribution in [0.5, 0.6) is 0 Å². The summed E-state index contributed by atoms with van der Waals surface area (Å²) in [6, 6.07) is 15.0. The molecular weight excluding hydrogens is 238 g/mol. The zero-order chi connectivity index (χ0) is 14.0. The Morgan fingerprint density at radius 1 is 0.842 bits per heavy atom. The molecule has 3 nitrogen and oxygen atoms in total.